The number of ether oxygens (including phenoxy) is 1. The molecule has 1 fully saturated rings. The molecule has 0 bridgehead atoms. The fourth-order valence-electron chi connectivity index (χ4n) is 2.30. The van der Waals surface area contributed by atoms with Gasteiger partial charge in [-0.3, -0.25) is 0 Å². The van der Waals surface area contributed by atoms with Crippen LogP contribution in [0, 0.1) is 5.92 Å². The summed E-state index contributed by atoms with van der Waals surface area (Å²) in [4.78, 5) is 4.12. The van der Waals surface area contributed by atoms with Crippen LogP contribution in [0.1, 0.15) is 24.4 Å². The van der Waals surface area contributed by atoms with E-state index in [-0.39, 0.29) is 12.0 Å². The van der Waals surface area contributed by atoms with E-state index in [1.54, 1.807) is 18.3 Å². The van der Waals surface area contributed by atoms with Gasteiger partial charge in [-0.1, -0.05) is 6.07 Å². The topological polar surface area (TPSA) is 91.8 Å². The number of hydrogen-bond acceptors (Lipinski definition) is 5. The summed E-state index contributed by atoms with van der Waals surface area (Å²) in [6.45, 7) is 0. The van der Waals surface area contributed by atoms with Gasteiger partial charge in [0.2, 0.25) is 5.88 Å². The molecule has 0 radical (unpaired) electrons. The molecule has 2 N–H and O–H groups in total. The maximum absolute atomic E-state index is 12.1. The van der Waals surface area contributed by atoms with Gasteiger partial charge in [0.05, 0.1) is 19.3 Å². The summed E-state index contributed by atoms with van der Waals surface area (Å²) in [7, 11) is 0.914. The number of pyridine rings is 1. The molecule has 7 nitrogen and oxygen atoms in total. The van der Waals surface area contributed by atoms with E-state index in [1.165, 1.54) is 21.2 Å². The van der Waals surface area contributed by atoms with E-state index in [2.05, 4.69) is 9.71 Å². The quantitative estimate of drug-likeness (QED) is 0.788. The van der Waals surface area contributed by atoms with Crippen LogP contribution in [0.4, 0.5) is 0 Å². The molecule has 1 aromatic heterocycles. The minimum absolute atomic E-state index is 0.0601. The second-order valence-electron chi connectivity index (χ2n) is 5.40. The van der Waals surface area contributed by atoms with Crippen LogP contribution in [0.2, 0.25) is 0 Å². The Morgan fingerprint density at radius 2 is 2.10 bits per heavy atom. The van der Waals surface area contributed by atoms with Crippen molar-refractivity contribution in [1.82, 2.24) is 14.0 Å². The van der Waals surface area contributed by atoms with Crippen molar-refractivity contribution in [3.63, 3.8) is 0 Å². The van der Waals surface area contributed by atoms with Crippen molar-refractivity contribution in [3.05, 3.63) is 23.9 Å². The van der Waals surface area contributed by atoms with Crippen LogP contribution < -0.4 is 9.46 Å². The maximum atomic E-state index is 12.1. The van der Waals surface area contributed by atoms with Gasteiger partial charge in [-0.05, 0) is 24.3 Å². The lowest BCUT2D eigenvalue weighted by Gasteiger charge is -2.38. The molecule has 1 aliphatic rings. The van der Waals surface area contributed by atoms with Crippen molar-refractivity contribution in [2.45, 2.75) is 25.0 Å². The van der Waals surface area contributed by atoms with Crippen molar-refractivity contribution in [2.24, 2.45) is 5.92 Å². The summed E-state index contributed by atoms with van der Waals surface area (Å²) >= 11 is 0. The summed E-state index contributed by atoms with van der Waals surface area (Å²) < 4.78 is 33.0. The van der Waals surface area contributed by atoms with Crippen LogP contribution in [-0.4, -0.2) is 50.1 Å². The van der Waals surface area contributed by atoms with Crippen LogP contribution in [0.5, 0.6) is 5.88 Å². The zero-order valence-electron chi connectivity index (χ0n) is 12.4. The molecule has 2 rings (SSSR count). The van der Waals surface area contributed by atoms with Gasteiger partial charge in [0.25, 0.3) is 10.2 Å². The van der Waals surface area contributed by atoms with Gasteiger partial charge in [0.15, 0.2) is 0 Å². The minimum atomic E-state index is -3.56. The van der Waals surface area contributed by atoms with Crippen LogP contribution in [0.25, 0.3) is 0 Å². The van der Waals surface area contributed by atoms with Crippen molar-refractivity contribution >= 4 is 10.2 Å². The molecule has 118 valence electrons. The molecule has 8 heteroatoms. The summed E-state index contributed by atoms with van der Waals surface area (Å²) in [5, 5.41) is 9.48. The van der Waals surface area contributed by atoms with E-state index in [1.807, 2.05) is 0 Å². The van der Waals surface area contributed by atoms with Crippen molar-refractivity contribution in [2.75, 3.05) is 21.2 Å². The number of nitrogens with one attached hydrogen (secondary N) is 1. The van der Waals surface area contributed by atoms with E-state index >= 15 is 0 Å². The standard InChI is InChI=1S/C13H21N3O4S/c1-16(2)21(18,19)15-13(10-6-11(17)7-10)9-4-5-12(20-3)14-8-9/h4-5,8,10-11,13,15,17H,6-7H2,1-3H3. The van der Waals surface area contributed by atoms with E-state index in [0.29, 0.717) is 18.7 Å². The Labute approximate surface area is 125 Å². The molecule has 0 aromatic carbocycles. The molecule has 1 aliphatic carbocycles. The number of aliphatic hydroxyl groups is 1. The highest BCUT2D eigenvalue weighted by molar-refractivity contribution is 7.87. The first-order valence-corrected chi connectivity index (χ1v) is 8.15. The van der Waals surface area contributed by atoms with Crippen LogP contribution in [-0.2, 0) is 10.2 Å². The van der Waals surface area contributed by atoms with Crippen LogP contribution >= 0.6 is 0 Å². The zero-order chi connectivity index (χ0) is 15.6. The predicted molar refractivity (Wildman–Crippen MR) is 78.0 cm³/mol. The highest BCUT2D eigenvalue weighted by Gasteiger charge is 2.37. The molecule has 0 aliphatic heterocycles. The fraction of sp³-hybridized carbons (Fsp3) is 0.615. The average Bonchev–Trinajstić information content (AvgIpc) is 2.42. The largest absolute Gasteiger partial charge is 0.481 e. The highest BCUT2D eigenvalue weighted by Crippen LogP contribution is 2.38. The Morgan fingerprint density at radius 1 is 1.43 bits per heavy atom. The van der Waals surface area contributed by atoms with Crippen LogP contribution in [0.3, 0.4) is 0 Å². The molecule has 21 heavy (non-hydrogen) atoms. The molecule has 1 aromatic rings. The Morgan fingerprint density at radius 3 is 2.52 bits per heavy atom. The molecule has 0 amide bonds. The molecule has 1 unspecified atom stereocenters. The fourth-order valence-corrected chi connectivity index (χ4v) is 3.16. The number of methoxy groups -OCH3 is 1. The summed E-state index contributed by atoms with van der Waals surface area (Å²) in [6, 6.07) is 3.08. The minimum Gasteiger partial charge on any atom is -0.481 e. The normalized spacial score (nSPS) is 23.7. The molecule has 1 atom stereocenters. The molecule has 0 saturated heterocycles. The first-order chi connectivity index (χ1) is 9.83. The molecule has 0 spiro atoms. The highest BCUT2D eigenvalue weighted by atomic mass is 32.2. The lowest BCUT2D eigenvalue weighted by atomic mass is 9.76. The molecule has 1 saturated carbocycles. The maximum Gasteiger partial charge on any atom is 0.279 e. The third-order valence-electron chi connectivity index (χ3n) is 3.71. The Hall–Kier alpha value is -1.22. The van der Waals surface area contributed by atoms with Crippen molar-refractivity contribution < 1.29 is 18.3 Å². The van der Waals surface area contributed by atoms with E-state index < -0.39 is 16.3 Å². The van der Waals surface area contributed by atoms with Crippen molar-refractivity contribution in [3.8, 4) is 5.88 Å². The first kappa shape index (κ1) is 16.2. The molecule has 1 heterocycles. The number of rotatable bonds is 6. The van der Waals surface area contributed by atoms with E-state index in [4.69, 9.17) is 4.74 Å². The molecular weight excluding hydrogens is 294 g/mol. The van der Waals surface area contributed by atoms with Gasteiger partial charge in [0.1, 0.15) is 0 Å². The summed E-state index contributed by atoms with van der Waals surface area (Å²) in [5.74, 6) is 0.534. The second kappa shape index (κ2) is 6.27. The number of nitrogens with zero attached hydrogens (tertiary/aromatic N) is 2. The number of aromatic nitrogens is 1. The van der Waals surface area contributed by atoms with Gasteiger partial charge in [-0.15, -0.1) is 0 Å². The number of aliphatic hydroxyl groups excluding tert-OH is 1. The summed E-state index contributed by atoms with van der Waals surface area (Å²) in [6.07, 6.45) is 2.40. The van der Waals surface area contributed by atoms with Crippen LogP contribution in [0.15, 0.2) is 18.3 Å². The third kappa shape index (κ3) is 3.70. The number of hydrogen-bond donors (Lipinski definition) is 2. The predicted octanol–water partition coefficient (Wildman–Crippen LogP) is 0.298. The Bertz CT molecular complexity index is 568. The first-order valence-electron chi connectivity index (χ1n) is 6.71. The monoisotopic (exact) mass is 315 g/mol. The van der Waals surface area contributed by atoms with Crippen molar-refractivity contribution in [1.29, 1.82) is 0 Å². The van der Waals surface area contributed by atoms with E-state index in [0.717, 1.165) is 9.87 Å². The average molecular weight is 315 g/mol. The lowest BCUT2D eigenvalue weighted by Crippen LogP contribution is -2.45. The van der Waals surface area contributed by atoms with Gasteiger partial charge in [-0.2, -0.15) is 17.4 Å². The lowest BCUT2D eigenvalue weighted by molar-refractivity contribution is 0.0277. The summed E-state index contributed by atoms with van der Waals surface area (Å²) in [5.41, 5.74) is 0.762. The third-order valence-corrected chi connectivity index (χ3v) is 5.22. The Kier molecular flexibility index (Phi) is 4.82. The Balaban J connectivity index is 2.23. The second-order valence-corrected chi connectivity index (χ2v) is 7.32. The van der Waals surface area contributed by atoms with E-state index in [9.17, 15) is 13.5 Å². The smallest absolute Gasteiger partial charge is 0.279 e. The van der Waals surface area contributed by atoms with Gasteiger partial charge < -0.3 is 9.84 Å². The van der Waals surface area contributed by atoms with Gasteiger partial charge in [-0.25, -0.2) is 4.98 Å². The molecular formula is C13H21N3O4S. The van der Waals surface area contributed by atoms with Gasteiger partial charge >= 0.3 is 0 Å². The van der Waals surface area contributed by atoms with Gasteiger partial charge in [0, 0.05) is 26.4 Å². The zero-order valence-corrected chi connectivity index (χ0v) is 13.2. The SMILES string of the molecule is COc1ccc(C(NS(=O)(=O)N(C)C)C2CC(O)C2)cn1.